The summed E-state index contributed by atoms with van der Waals surface area (Å²) in [6.07, 6.45) is 0. The molecule has 2 N–H and O–H groups in total. The lowest BCUT2D eigenvalue weighted by Crippen LogP contribution is -2.28. The van der Waals surface area contributed by atoms with Crippen LogP contribution in [0.2, 0.25) is 0 Å². The summed E-state index contributed by atoms with van der Waals surface area (Å²) in [6, 6.07) is 17.7. The van der Waals surface area contributed by atoms with Gasteiger partial charge in [0.2, 0.25) is 0 Å². The lowest BCUT2D eigenvalue weighted by molar-refractivity contribution is 0.252. The molecule has 2 amide bonds. The molecule has 2 heterocycles. The van der Waals surface area contributed by atoms with Crippen LogP contribution in [0, 0.1) is 5.82 Å². The standard InChI is InChI=1S/C21H18FN3OS/c1-25-18-9-3-2-8-16(18)17(20(25)19-10-5-11-27-19)13-23-21(26)24-15-7-4-6-14(22)12-15/h2-12H,13H2,1H3,(H2,23,24,26). The van der Waals surface area contributed by atoms with Crippen molar-refractivity contribution in [3.8, 4) is 10.6 Å². The van der Waals surface area contributed by atoms with Crippen LogP contribution in [0.4, 0.5) is 14.9 Å². The van der Waals surface area contributed by atoms with Gasteiger partial charge in [0.15, 0.2) is 0 Å². The number of carbonyl (C=O) groups excluding carboxylic acids is 1. The Balaban J connectivity index is 1.62. The van der Waals surface area contributed by atoms with E-state index in [4.69, 9.17) is 0 Å². The van der Waals surface area contributed by atoms with Crippen molar-refractivity contribution in [3.05, 3.63) is 77.4 Å². The van der Waals surface area contributed by atoms with Gasteiger partial charge in [-0.15, -0.1) is 11.3 Å². The molecule has 0 saturated carbocycles. The Morgan fingerprint density at radius 3 is 2.74 bits per heavy atom. The highest BCUT2D eigenvalue weighted by atomic mass is 32.1. The van der Waals surface area contributed by atoms with Crippen LogP contribution < -0.4 is 10.6 Å². The summed E-state index contributed by atoms with van der Waals surface area (Å²) in [4.78, 5) is 13.4. The number of urea groups is 1. The van der Waals surface area contributed by atoms with E-state index in [-0.39, 0.29) is 11.8 Å². The van der Waals surface area contributed by atoms with Crippen LogP contribution >= 0.6 is 11.3 Å². The third kappa shape index (κ3) is 3.44. The van der Waals surface area contributed by atoms with Gasteiger partial charge in [0, 0.05) is 35.7 Å². The summed E-state index contributed by atoms with van der Waals surface area (Å²) >= 11 is 1.67. The minimum absolute atomic E-state index is 0.370. The quantitative estimate of drug-likeness (QED) is 0.492. The van der Waals surface area contributed by atoms with Gasteiger partial charge in [0.25, 0.3) is 0 Å². The highest BCUT2D eigenvalue weighted by Gasteiger charge is 2.17. The van der Waals surface area contributed by atoms with Crippen molar-refractivity contribution in [2.45, 2.75) is 6.54 Å². The lowest BCUT2D eigenvalue weighted by atomic mass is 10.1. The van der Waals surface area contributed by atoms with Crippen molar-refractivity contribution in [3.63, 3.8) is 0 Å². The number of benzene rings is 2. The molecular formula is C21H18FN3OS. The maximum atomic E-state index is 13.3. The second-order valence-corrected chi connectivity index (χ2v) is 7.15. The van der Waals surface area contributed by atoms with E-state index < -0.39 is 0 Å². The Hall–Kier alpha value is -3.12. The number of carbonyl (C=O) groups is 1. The van der Waals surface area contributed by atoms with Gasteiger partial charge in [-0.05, 0) is 35.7 Å². The van der Waals surface area contributed by atoms with Gasteiger partial charge in [-0.2, -0.15) is 0 Å². The number of anilines is 1. The topological polar surface area (TPSA) is 46.1 Å². The monoisotopic (exact) mass is 379 g/mol. The fourth-order valence-corrected chi connectivity index (χ4v) is 4.12. The molecule has 4 rings (SSSR count). The van der Waals surface area contributed by atoms with Crippen molar-refractivity contribution < 1.29 is 9.18 Å². The predicted octanol–water partition coefficient (Wildman–Crippen LogP) is 5.37. The fraction of sp³-hybridized carbons (Fsp3) is 0.0952. The largest absolute Gasteiger partial charge is 0.343 e. The number of fused-ring (bicyclic) bond motifs is 1. The van der Waals surface area contributed by atoms with Crippen molar-refractivity contribution in [2.24, 2.45) is 7.05 Å². The van der Waals surface area contributed by atoms with E-state index in [0.717, 1.165) is 27.0 Å². The third-order valence-corrected chi connectivity index (χ3v) is 5.35. The summed E-state index contributed by atoms with van der Waals surface area (Å²) in [7, 11) is 2.04. The van der Waals surface area contributed by atoms with E-state index in [1.165, 1.54) is 12.1 Å². The maximum Gasteiger partial charge on any atom is 0.319 e. The van der Waals surface area contributed by atoms with Crippen LogP contribution in [0.15, 0.2) is 66.0 Å². The number of halogens is 1. The van der Waals surface area contributed by atoms with E-state index in [0.29, 0.717) is 12.2 Å². The summed E-state index contributed by atoms with van der Waals surface area (Å²) in [5.41, 5.74) is 3.69. The Kier molecular flexibility index (Phi) is 4.64. The number of amides is 2. The van der Waals surface area contributed by atoms with Gasteiger partial charge in [-0.1, -0.05) is 30.3 Å². The lowest BCUT2D eigenvalue weighted by Gasteiger charge is -2.10. The first-order valence-electron chi connectivity index (χ1n) is 8.54. The molecule has 4 aromatic rings. The number of rotatable bonds is 4. The Morgan fingerprint density at radius 1 is 1.11 bits per heavy atom. The first kappa shape index (κ1) is 17.3. The molecular weight excluding hydrogens is 361 g/mol. The van der Waals surface area contributed by atoms with Crippen LogP contribution in [0.3, 0.4) is 0 Å². The molecule has 0 radical (unpaired) electrons. The van der Waals surface area contributed by atoms with Crippen molar-refractivity contribution in [2.75, 3.05) is 5.32 Å². The van der Waals surface area contributed by atoms with Crippen LogP contribution in [-0.4, -0.2) is 10.6 Å². The predicted molar refractivity (Wildman–Crippen MR) is 108 cm³/mol. The van der Waals surface area contributed by atoms with Gasteiger partial charge >= 0.3 is 6.03 Å². The molecule has 2 aromatic carbocycles. The number of aryl methyl sites for hydroxylation is 1. The van der Waals surface area contributed by atoms with Crippen molar-refractivity contribution in [1.82, 2.24) is 9.88 Å². The highest BCUT2D eigenvalue weighted by Crippen LogP contribution is 2.35. The second kappa shape index (κ2) is 7.25. The fourth-order valence-electron chi connectivity index (χ4n) is 3.29. The first-order valence-corrected chi connectivity index (χ1v) is 9.42. The summed E-state index contributed by atoms with van der Waals surface area (Å²) in [5, 5.41) is 8.71. The van der Waals surface area contributed by atoms with Crippen LogP contribution in [0.25, 0.3) is 21.5 Å². The van der Waals surface area contributed by atoms with Crippen molar-refractivity contribution in [1.29, 1.82) is 0 Å². The van der Waals surface area contributed by atoms with Gasteiger partial charge in [-0.3, -0.25) is 0 Å². The number of hydrogen-bond donors (Lipinski definition) is 2. The zero-order valence-corrected chi connectivity index (χ0v) is 15.5. The van der Waals surface area contributed by atoms with Gasteiger partial charge < -0.3 is 15.2 Å². The molecule has 0 unspecified atom stereocenters. The Morgan fingerprint density at radius 2 is 1.96 bits per heavy atom. The maximum absolute atomic E-state index is 13.3. The SMILES string of the molecule is Cn1c(-c2cccs2)c(CNC(=O)Nc2cccc(F)c2)c2ccccc21. The summed E-state index contributed by atoms with van der Waals surface area (Å²) < 4.78 is 15.4. The molecule has 0 fully saturated rings. The molecule has 0 aliphatic rings. The minimum Gasteiger partial charge on any atom is -0.343 e. The first-order chi connectivity index (χ1) is 13.1. The number of hydrogen-bond acceptors (Lipinski definition) is 2. The molecule has 6 heteroatoms. The molecule has 27 heavy (non-hydrogen) atoms. The second-order valence-electron chi connectivity index (χ2n) is 6.20. The molecule has 0 aliphatic heterocycles. The smallest absolute Gasteiger partial charge is 0.319 e. The van der Waals surface area contributed by atoms with E-state index in [1.807, 2.05) is 30.6 Å². The molecule has 2 aromatic heterocycles. The molecule has 4 nitrogen and oxygen atoms in total. The number of nitrogens with zero attached hydrogens (tertiary/aromatic N) is 1. The molecule has 0 atom stereocenters. The molecule has 0 bridgehead atoms. The van der Waals surface area contributed by atoms with Gasteiger partial charge in [-0.25, -0.2) is 9.18 Å². The average Bonchev–Trinajstić information content (AvgIpc) is 3.27. The molecule has 136 valence electrons. The molecule has 0 aliphatic carbocycles. The number of aromatic nitrogens is 1. The zero-order chi connectivity index (χ0) is 18.8. The molecule has 0 spiro atoms. The summed E-state index contributed by atoms with van der Waals surface area (Å²) in [6.45, 7) is 0.371. The minimum atomic E-state index is -0.387. The Labute approximate surface area is 160 Å². The highest BCUT2D eigenvalue weighted by molar-refractivity contribution is 7.13. The van der Waals surface area contributed by atoms with E-state index in [2.05, 4.69) is 33.4 Å². The third-order valence-electron chi connectivity index (χ3n) is 4.47. The van der Waals surface area contributed by atoms with Crippen molar-refractivity contribution >= 4 is 34.0 Å². The van der Waals surface area contributed by atoms with Gasteiger partial charge in [0.05, 0.1) is 10.6 Å². The molecule has 0 saturated heterocycles. The number of para-hydroxylation sites is 1. The number of thiophene rings is 1. The zero-order valence-electron chi connectivity index (χ0n) is 14.7. The van der Waals surface area contributed by atoms with E-state index in [9.17, 15) is 9.18 Å². The van der Waals surface area contributed by atoms with Crippen LogP contribution in [-0.2, 0) is 13.6 Å². The number of nitrogens with one attached hydrogen (secondary N) is 2. The normalized spacial score (nSPS) is 10.9. The summed E-state index contributed by atoms with van der Waals surface area (Å²) in [5.74, 6) is -0.387. The van der Waals surface area contributed by atoms with Crippen LogP contribution in [0.1, 0.15) is 5.56 Å². The van der Waals surface area contributed by atoms with Crippen LogP contribution in [0.5, 0.6) is 0 Å². The average molecular weight is 379 g/mol. The van der Waals surface area contributed by atoms with E-state index >= 15 is 0 Å². The van der Waals surface area contributed by atoms with E-state index in [1.54, 1.807) is 23.5 Å². The van der Waals surface area contributed by atoms with Gasteiger partial charge in [0.1, 0.15) is 5.82 Å². The Bertz CT molecular complexity index is 1100.